The van der Waals surface area contributed by atoms with Crippen molar-refractivity contribution < 1.29 is 4.39 Å². The van der Waals surface area contributed by atoms with Gasteiger partial charge < -0.3 is 5.32 Å². The first-order valence-corrected chi connectivity index (χ1v) is 7.11. The Hall–Kier alpha value is -1.97. The van der Waals surface area contributed by atoms with E-state index >= 15 is 0 Å². The molecule has 1 heterocycles. The fraction of sp³-hybridized carbons (Fsp3) is 0.375. The van der Waals surface area contributed by atoms with Gasteiger partial charge in [0.15, 0.2) is 0 Å². The van der Waals surface area contributed by atoms with E-state index in [4.69, 9.17) is 0 Å². The lowest BCUT2D eigenvalue weighted by molar-refractivity contribution is 0.612. The summed E-state index contributed by atoms with van der Waals surface area (Å²) >= 11 is 0. The third-order valence-electron chi connectivity index (χ3n) is 3.45. The van der Waals surface area contributed by atoms with Crippen molar-refractivity contribution in [1.82, 2.24) is 9.97 Å². The average Bonchev–Trinajstić information content (AvgIpc) is 3.26. The molecule has 1 saturated carbocycles. The van der Waals surface area contributed by atoms with Crippen molar-refractivity contribution in [3.05, 3.63) is 53.2 Å². The van der Waals surface area contributed by atoms with Crippen LogP contribution in [-0.4, -0.2) is 16.5 Å². The number of halogens is 1. The maximum absolute atomic E-state index is 13.7. The van der Waals surface area contributed by atoms with Gasteiger partial charge in [-0.05, 0) is 31.4 Å². The third kappa shape index (κ3) is 2.95. The van der Waals surface area contributed by atoms with Crippen LogP contribution in [0.15, 0.2) is 30.3 Å². The second kappa shape index (κ2) is 5.57. The van der Waals surface area contributed by atoms with Gasteiger partial charge in [0.1, 0.15) is 17.5 Å². The van der Waals surface area contributed by atoms with E-state index in [1.807, 2.05) is 19.1 Å². The Bertz CT molecular complexity index is 608. The summed E-state index contributed by atoms with van der Waals surface area (Å²) in [6, 6.07) is 8.82. The van der Waals surface area contributed by atoms with Gasteiger partial charge >= 0.3 is 0 Å². The molecule has 1 aromatic carbocycles. The Morgan fingerprint density at radius 1 is 1.25 bits per heavy atom. The van der Waals surface area contributed by atoms with Gasteiger partial charge in [0.2, 0.25) is 0 Å². The van der Waals surface area contributed by atoms with Gasteiger partial charge in [0, 0.05) is 30.6 Å². The molecule has 0 radical (unpaired) electrons. The van der Waals surface area contributed by atoms with Crippen LogP contribution in [0.3, 0.4) is 0 Å². The number of hydrogen-bond donors (Lipinski definition) is 1. The summed E-state index contributed by atoms with van der Waals surface area (Å²) in [5.74, 6) is 1.90. The Balaban J connectivity index is 1.89. The maximum atomic E-state index is 13.7. The summed E-state index contributed by atoms with van der Waals surface area (Å²) in [5.41, 5.74) is 1.73. The topological polar surface area (TPSA) is 37.8 Å². The van der Waals surface area contributed by atoms with E-state index in [2.05, 4.69) is 15.3 Å². The molecule has 1 aliphatic carbocycles. The third-order valence-corrected chi connectivity index (χ3v) is 3.45. The molecule has 0 bridgehead atoms. The highest BCUT2D eigenvalue weighted by Gasteiger charge is 2.26. The van der Waals surface area contributed by atoms with Crippen molar-refractivity contribution in [2.45, 2.75) is 32.1 Å². The molecule has 4 heteroatoms. The fourth-order valence-electron chi connectivity index (χ4n) is 2.27. The van der Waals surface area contributed by atoms with Crippen LogP contribution in [0.5, 0.6) is 0 Å². The van der Waals surface area contributed by atoms with E-state index < -0.39 is 0 Å². The number of nitrogens with zero attached hydrogens (tertiary/aromatic N) is 2. The highest BCUT2D eigenvalue weighted by Crippen LogP contribution is 2.39. The number of benzene rings is 1. The lowest BCUT2D eigenvalue weighted by Gasteiger charge is -2.09. The molecule has 1 fully saturated rings. The minimum absolute atomic E-state index is 0.196. The van der Waals surface area contributed by atoms with E-state index in [0.29, 0.717) is 23.7 Å². The standard InChI is InChI=1S/C16H18FN3/c1-2-18-15-10-14(11-7-8-11)19-16(20-15)9-12-5-3-4-6-13(12)17/h3-6,10-11H,2,7-9H2,1H3,(H,18,19,20). The van der Waals surface area contributed by atoms with Gasteiger partial charge in [-0.1, -0.05) is 18.2 Å². The summed E-state index contributed by atoms with van der Waals surface area (Å²) in [6.45, 7) is 2.86. The molecule has 1 aliphatic rings. The zero-order chi connectivity index (χ0) is 13.9. The number of nitrogens with one attached hydrogen (secondary N) is 1. The second-order valence-electron chi connectivity index (χ2n) is 5.17. The van der Waals surface area contributed by atoms with Crippen LogP contribution in [0.2, 0.25) is 0 Å². The molecule has 0 spiro atoms. The molecular formula is C16H18FN3. The Morgan fingerprint density at radius 2 is 2.05 bits per heavy atom. The summed E-state index contributed by atoms with van der Waals surface area (Å²) in [5, 5.41) is 3.23. The normalized spacial score (nSPS) is 14.3. The molecule has 0 aliphatic heterocycles. The first-order chi connectivity index (χ1) is 9.76. The number of hydrogen-bond acceptors (Lipinski definition) is 3. The molecule has 0 unspecified atom stereocenters. The van der Waals surface area contributed by atoms with Crippen LogP contribution in [0.1, 0.15) is 42.8 Å². The lowest BCUT2D eigenvalue weighted by Crippen LogP contribution is -2.07. The molecular weight excluding hydrogens is 253 g/mol. The molecule has 3 rings (SSSR count). The summed E-state index contributed by atoms with van der Waals surface area (Å²) in [6.07, 6.45) is 2.83. The smallest absolute Gasteiger partial charge is 0.135 e. The predicted octanol–water partition coefficient (Wildman–Crippen LogP) is 3.52. The molecule has 0 amide bonds. The predicted molar refractivity (Wildman–Crippen MR) is 77.4 cm³/mol. The quantitative estimate of drug-likeness (QED) is 0.904. The fourth-order valence-corrected chi connectivity index (χ4v) is 2.27. The van der Waals surface area contributed by atoms with Crippen molar-refractivity contribution in [2.24, 2.45) is 0 Å². The van der Waals surface area contributed by atoms with E-state index in [-0.39, 0.29) is 5.82 Å². The number of aromatic nitrogens is 2. The molecule has 3 nitrogen and oxygen atoms in total. The Labute approximate surface area is 118 Å². The summed E-state index contributed by atoms with van der Waals surface area (Å²) < 4.78 is 13.7. The van der Waals surface area contributed by atoms with Crippen LogP contribution < -0.4 is 5.32 Å². The molecule has 1 aromatic heterocycles. The highest BCUT2D eigenvalue weighted by atomic mass is 19.1. The van der Waals surface area contributed by atoms with Crippen molar-refractivity contribution in [2.75, 3.05) is 11.9 Å². The largest absolute Gasteiger partial charge is 0.370 e. The van der Waals surface area contributed by atoms with Crippen molar-refractivity contribution in [3.8, 4) is 0 Å². The van der Waals surface area contributed by atoms with Gasteiger partial charge in [0.25, 0.3) is 0 Å². The first kappa shape index (κ1) is 13.0. The van der Waals surface area contributed by atoms with Crippen molar-refractivity contribution in [1.29, 1.82) is 0 Å². The lowest BCUT2D eigenvalue weighted by atomic mass is 10.1. The molecule has 104 valence electrons. The van der Waals surface area contributed by atoms with Crippen molar-refractivity contribution >= 4 is 5.82 Å². The molecule has 20 heavy (non-hydrogen) atoms. The summed E-state index contributed by atoms with van der Waals surface area (Å²) in [4.78, 5) is 9.08. The van der Waals surface area contributed by atoms with Gasteiger partial charge in [-0.15, -0.1) is 0 Å². The van der Waals surface area contributed by atoms with Gasteiger partial charge in [-0.25, -0.2) is 14.4 Å². The zero-order valence-electron chi connectivity index (χ0n) is 11.6. The molecule has 0 atom stereocenters. The van der Waals surface area contributed by atoms with Gasteiger partial charge in [-0.3, -0.25) is 0 Å². The van der Waals surface area contributed by atoms with Crippen LogP contribution >= 0.6 is 0 Å². The monoisotopic (exact) mass is 271 g/mol. The van der Waals surface area contributed by atoms with Gasteiger partial charge in [0.05, 0.1) is 0 Å². The van der Waals surface area contributed by atoms with E-state index in [1.54, 1.807) is 12.1 Å². The maximum Gasteiger partial charge on any atom is 0.135 e. The Kier molecular flexibility index (Phi) is 3.63. The van der Waals surface area contributed by atoms with Gasteiger partial charge in [-0.2, -0.15) is 0 Å². The molecule has 2 aromatic rings. The highest BCUT2D eigenvalue weighted by molar-refractivity contribution is 5.38. The minimum atomic E-state index is -0.196. The zero-order valence-corrected chi connectivity index (χ0v) is 11.6. The number of rotatable bonds is 5. The minimum Gasteiger partial charge on any atom is -0.370 e. The van der Waals surface area contributed by atoms with Crippen LogP contribution in [0.4, 0.5) is 10.2 Å². The van der Waals surface area contributed by atoms with E-state index in [1.165, 1.54) is 18.9 Å². The first-order valence-electron chi connectivity index (χ1n) is 7.11. The average molecular weight is 271 g/mol. The van der Waals surface area contributed by atoms with Crippen LogP contribution in [0, 0.1) is 5.82 Å². The SMILES string of the molecule is CCNc1cc(C2CC2)nc(Cc2ccccc2F)n1. The van der Waals surface area contributed by atoms with Crippen LogP contribution in [0.25, 0.3) is 0 Å². The second-order valence-corrected chi connectivity index (χ2v) is 5.17. The molecule has 1 N–H and O–H groups in total. The van der Waals surface area contributed by atoms with Crippen LogP contribution in [-0.2, 0) is 6.42 Å². The number of anilines is 1. The summed E-state index contributed by atoms with van der Waals surface area (Å²) in [7, 11) is 0. The van der Waals surface area contributed by atoms with E-state index in [9.17, 15) is 4.39 Å². The molecule has 0 saturated heterocycles. The van der Waals surface area contributed by atoms with E-state index in [0.717, 1.165) is 18.1 Å². The Morgan fingerprint density at radius 3 is 2.75 bits per heavy atom. The van der Waals surface area contributed by atoms with Crippen molar-refractivity contribution in [3.63, 3.8) is 0 Å².